The summed E-state index contributed by atoms with van der Waals surface area (Å²) in [5, 5.41) is 17.6. The Kier molecular flexibility index (Phi) is 3.49. The minimum absolute atomic E-state index is 0.607. The Morgan fingerprint density at radius 3 is 2.21 bits per heavy atom. The van der Waals surface area contributed by atoms with E-state index in [9.17, 15) is 23.4 Å². The number of aliphatic hydroxyl groups is 1. The molecular weight excluding hydrogens is 336 g/mol. The van der Waals surface area contributed by atoms with Crippen molar-refractivity contribution in [2.45, 2.75) is 11.2 Å². The van der Waals surface area contributed by atoms with Crippen LogP contribution < -0.4 is 0 Å². The van der Waals surface area contributed by atoms with Crippen molar-refractivity contribution in [2.75, 3.05) is 12.9 Å². The van der Waals surface area contributed by atoms with Gasteiger partial charge in [-0.15, -0.1) is 0 Å². The van der Waals surface area contributed by atoms with Gasteiger partial charge in [0.05, 0.1) is 11.9 Å². The molecule has 2 rings (SSSR count). The van der Waals surface area contributed by atoms with E-state index >= 15 is 0 Å². The minimum atomic E-state index is -3.55. The van der Waals surface area contributed by atoms with Gasteiger partial charge in [0.2, 0.25) is 0 Å². The molecule has 104 valence electrons. The van der Waals surface area contributed by atoms with E-state index in [0.717, 1.165) is 10.7 Å². The van der Waals surface area contributed by atoms with Gasteiger partial charge in [-0.05, 0) is 17.7 Å². The second-order valence-electron chi connectivity index (χ2n) is 4.78. The van der Waals surface area contributed by atoms with Crippen molar-refractivity contribution < 1.29 is 23.4 Å². The van der Waals surface area contributed by atoms with E-state index in [1.165, 1.54) is 0 Å². The molecule has 7 heteroatoms. The van der Waals surface area contributed by atoms with Gasteiger partial charge in [-0.1, -0.05) is 28.1 Å². The van der Waals surface area contributed by atoms with E-state index in [1.807, 2.05) is 0 Å². The molecule has 0 amide bonds. The first-order chi connectivity index (χ1) is 8.75. The first kappa shape index (κ1) is 14.5. The molecule has 1 aliphatic carbocycles. The van der Waals surface area contributed by atoms with Crippen LogP contribution in [0.1, 0.15) is 11.5 Å². The molecule has 1 aromatic carbocycles. The Bertz CT molecular complexity index is 610. The normalized spacial score (nSPS) is 30.1. The molecule has 1 saturated carbocycles. The lowest BCUT2D eigenvalue weighted by Gasteiger charge is -2.08. The number of hydrogen-bond donors (Lipinski definition) is 2. The molecule has 5 nitrogen and oxygen atoms in total. The average Bonchev–Trinajstić information content (AvgIpc) is 3.00. The molecule has 0 aromatic heterocycles. The van der Waals surface area contributed by atoms with Crippen LogP contribution in [0.3, 0.4) is 0 Å². The monoisotopic (exact) mass is 348 g/mol. The first-order valence-electron chi connectivity index (χ1n) is 5.53. The van der Waals surface area contributed by atoms with Gasteiger partial charge in [0, 0.05) is 16.6 Å². The largest absolute Gasteiger partial charge is 0.481 e. The molecular formula is C12H13BrO5S. The van der Waals surface area contributed by atoms with Gasteiger partial charge in [-0.25, -0.2) is 8.42 Å². The van der Waals surface area contributed by atoms with Crippen LogP contribution >= 0.6 is 15.9 Å². The molecule has 1 aliphatic rings. The van der Waals surface area contributed by atoms with Crippen LogP contribution in [-0.2, 0) is 14.6 Å². The standard InChI is InChI=1S/C12H13BrO5S/c1-19(17,18)10-9(12(10,6-14)11(15)16)7-2-4-8(13)5-3-7/h2-5,9-10,14H,6H2,1H3,(H,15,16). The molecule has 0 bridgehead atoms. The predicted octanol–water partition coefficient (Wildman–Crippen LogP) is 1.02. The number of carbonyl (C=O) groups is 1. The molecule has 0 radical (unpaired) electrons. The Hall–Kier alpha value is -0.920. The number of carboxylic acid groups (broad SMARTS) is 1. The molecule has 1 aromatic rings. The van der Waals surface area contributed by atoms with Crippen LogP contribution in [0.4, 0.5) is 0 Å². The fourth-order valence-electron chi connectivity index (χ4n) is 2.69. The van der Waals surface area contributed by atoms with Gasteiger partial charge < -0.3 is 10.2 Å². The summed E-state index contributed by atoms with van der Waals surface area (Å²) in [5.74, 6) is -1.99. The Balaban J connectivity index is 2.50. The lowest BCUT2D eigenvalue weighted by Crippen LogP contribution is -2.27. The van der Waals surface area contributed by atoms with Gasteiger partial charge in [-0.2, -0.15) is 0 Å². The van der Waals surface area contributed by atoms with Gasteiger partial charge in [0.15, 0.2) is 9.84 Å². The van der Waals surface area contributed by atoms with E-state index in [1.54, 1.807) is 24.3 Å². The smallest absolute Gasteiger partial charge is 0.314 e. The van der Waals surface area contributed by atoms with Crippen LogP contribution in [0.15, 0.2) is 28.7 Å². The Morgan fingerprint density at radius 1 is 1.37 bits per heavy atom. The number of aliphatic carboxylic acids is 1. The van der Waals surface area contributed by atoms with Crippen molar-refractivity contribution in [3.05, 3.63) is 34.3 Å². The molecule has 19 heavy (non-hydrogen) atoms. The highest BCUT2D eigenvalue weighted by molar-refractivity contribution is 9.10. The maximum atomic E-state index is 11.7. The average molecular weight is 349 g/mol. The topological polar surface area (TPSA) is 91.7 Å². The fourth-order valence-corrected chi connectivity index (χ4v) is 4.85. The zero-order chi connectivity index (χ0) is 14.4. The lowest BCUT2D eigenvalue weighted by atomic mass is 10.0. The minimum Gasteiger partial charge on any atom is -0.481 e. The Morgan fingerprint density at radius 2 is 1.89 bits per heavy atom. The second kappa shape index (κ2) is 4.57. The number of sulfone groups is 1. The molecule has 0 heterocycles. The summed E-state index contributed by atoms with van der Waals surface area (Å²) in [6.07, 6.45) is 1.00. The SMILES string of the molecule is CS(=O)(=O)C1C(c2ccc(Br)cc2)C1(CO)C(=O)O. The van der Waals surface area contributed by atoms with Crippen LogP contribution in [-0.4, -0.2) is 42.7 Å². The van der Waals surface area contributed by atoms with Crippen molar-refractivity contribution in [3.8, 4) is 0 Å². The van der Waals surface area contributed by atoms with Crippen molar-refractivity contribution in [3.63, 3.8) is 0 Å². The third kappa shape index (κ3) is 2.19. The van der Waals surface area contributed by atoms with Crippen molar-refractivity contribution in [2.24, 2.45) is 5.41 Å². The number of hydrogen-bond acceptors (Lipinski definition) is 4. The zero-order valence-electron chi connectivity index (χ0n) is 10.1. The molecule has 3 unspecified atom stereocenters. The van der Waals surface area contributed by atoms with Gasteiger partial charge in [-0.3, -0.25) is 4.79 Å². The zero-order valence-corrected chi connectivity index (χ0v) is 12.5. The second-order valence-corrected chi connectivity index (χ2v) is 7.87. The molecule has 0 spiro atoms. The fraction of sp³-hybridized carbons (Fsp3) is 0.417. The van der Waals surface area contributed by atoms with E-state index in [4.69, 9.17) is 0 Å². The molecule has 0 saturated heterocycles. The maximum absolute atomic E-state index is 11.7. The molecule has 0 aliphatic heterocycles. The van der Waals surface area contributed by atoms with E-state index in [2.05, 4.69) is 15.9 Å². The van der Waals surface area contributed by atoms with Crippen molar-refractivity contribution >= 4 is 31.7 Å². The highest BCUT2D eigenvalue weighted by atomic mass is 79.9. The number of benzene rings is 1. The summed E-state index contributed by atoms with van der Waals surface area (Å²) >= 11 is 3.26. The summed E-state index contributed by atoms with van der Waals surface area (Å²) in [4.78, 5) is 11.4. The van der Waals surface area contributed by atoms with Gasteiger partial charge >= 0.3 is 5.97 Å². The third-order valence-corrected chi connectivity index (χ3v) is 5.75. The highest BCUT2D eigenvalue weighted by Crippen LogP contribution is 2.62. The van der Waals surface area contributed by atoms with E-state index < -0.39 is 39.0 Å². The van der Waals surface area contributed by atoms with Crippen LogP contribution in [0.25, 0.3) is 0 Å². The predicted molar refractivity (Wildman–Crippen MR) is 72.7 cm³/mol. The van der Waals surface area contributed by atoms with Crippen LogP contribution in [0.5, 0.6) is 0 Å². The number of halogens is 1. The van der Waals surface area contributed by atoms with Gasteiger partial charge in [0.25, 0.3) is 0 Å². The summed E-state index contributed by atoms with van der Waals surface area (Å²) in [7, 11) is -3.55. The summed E-state index contributed by atoms with van der Waals surface area (Å²) < 4.78 is 24.3. The first-order valence-corrected chi connectivity index (χ1v) is 8.28. The van der Waals surface area contributed by atoms with Crippen molar-refractivity contribution in [1.82, 2.24) is 0 Å². The lowest BCUT2D eigenvalue weighted by molar-refractivity contribution is -0.145. The number of rotatable bonds is 4. The van der Waals surface area contributed by atoms with Gasteiger partial charge in [0.1, 0.15) is 5.41 Å². The maximum Gasteiger partial charge on any atom is 0.314 e. The highest BCUT2D eigenvalue weighted by Gasteiger charge is 2.74. The summed E-state index contributed by atoms with van der Waals surface area (Å²) in [6, 6.07) is 6.79. The van der Waals surface area contributed by atoms with Crippen LogP contribution in [0, 0.1) is 5.41 Å². The number of aliphatic hydroxyl groups excluding tert-OH is 1. The Labute approximate surface area is 119 Å². The van der Waals surface area contributed by atoms with E-state index in [0.29, 0.717) is 5.56 Å². The molecule has 3 atom stereocenters. The quantitative estimate of drug-likeness (QED) is 0.847. The third-order valence-electron chi connectivity index (χ3n) is 3.61. The summed E-state index contributed by atoms with van der Waals surface area (Å²) in [6.45, 7) is -0.694. The molecule has 1 fully saturated rings. The summed E-state index contributed by atoms with van der Waals surface area (Å²) in [5.41, 5.74) is -1.02. The van der Waals surface area contributed by atoms with E-state index in [-0.39, 0.29) is 0 Å². The van der Waals surface area contributed by atoms with Crippen molar-refractivity contribution in [1.29, 1.82) is 0 Å². The number of carboxylic acids is 1. The molecule has 2 N–H and O–H groups in total. The van der Waals surface area contributed by atoms with Crippen LogP contribution in [0.2, 0.25) is 0 Å².